The molecule has 2 saturated heterocycles. The molecule has 1 amide bonds. The SMILES string of the molecule is O=C1CC2(CCN(C[C@@H]3CC=CCC3)CC2)CN1Cc1ccccc1. The van der Waals surface area contributed by atoms with Crippen molar-refractivity contribution in [1.82, 2.24) is 9.80 Å². The fourth-order valence-corrected chi connectivity index (χ4v) is 4.86. The molecule has 1 aromatic carbocycles. The number of benzene rings is 1. The van der Waals surface area contributed by atoms with Gasteiger partial charge in [0.1, 0.15) is 0 Å². The summed E-state index contributed by atoms with van der Waals surface area (Å²) in [6.45, 7) is 5.34. The van der Waals surface area contributed by atoms with E-state index in [1.54, 1.807) is 0 Å². The van der Waals surface area contributed by atoms with Gasteiger partial charge >= 0.3 is 0 Å². The van der Waals surface area contributed by atoms with Crippen molar-refractivity contribution in [3.63, 3.8) is 0 Å². The first-order chi connectivity index (χ1) is 12.2. The monoisotopic (exact) mass is 338 g/mol. The number of likely N-dealkylation sites (tertiary alicyclic amines) is 2. The second-order valence-corrected chi connectivity index (χ2v) is 8.36. The number of amides is 1. The van der Waals surface area contributed by atoms with Crippen molar-refractivity contribution in [1.29, 1.82) is 0 Å². The van der Waals surface area contributed by atoms with Gasteiger partial charge in [0.2, 0.25) is 5.91 Å². The van der Waals surface area contributed by atoms with E-state index in [2.05, 4.69) is 46.2 Å². The van der Waals surface area contributed by atoms with Crippen LogP contribution in [0.25, 0.3) is 0 Å². The molecular weight excluding hydrogens is 308 g/mol. The summed E-state index contributed by atoms with van der Waals surface area (Å²) < 4.78 is 0. The van der Waals surface area contributed by atoms with Gasteiger partial charge in [-0.25, -0.2) is 0 Å². The van der Waals surface area contributed by atoms with Gasteiger partial charge in [-0.1, -0.05) is 42.5 Å². The second kappa shape index (κ2) is 7.33. The van der Waals surface area contributed by atoms with Gasteiger partial charge in [0, 0.05) is 26.1 Å². The standard InChI is InChI=1S/C22H30N2O/c25-21-15-22(18-24(21)17-20-9-5-2-6-10-20)11-13-23(14-12-22)16-19-7-3-1-4-8-19/h1-3,5-6,9-10,19H,4,7-8,11-18H2/t19-/m1/s1. The van der Waals surface area contributed by atoms with Crippen LogP contribution in [0.5, 0.6) is 0 Å². The number of rotatable bonds is 4. The van der Waals surface area contributed by atoms with Crippen LogP contribution in [0, 0.1) is 11.3 Å². The summed E-state index contributed by atoms with van der Waals surface area (Å²) in [5.74, 6) is 1.20. The zero-order valence-electron chi connectivity index (χ0n) is 15.2. The Morgan fingerprint density at radius 2 is 1.88 bits per heavy atom. The molecule has 2 heterocycles. The van der Waals surface area contributed by atoms with Crippen LogP contribution < -0.4 is 0 Å². The van der Waals surface area contributed by atoms with E-state index in [9.17, 15) is 4.79 Å². The van der Waals surface area contributed by atoms with Gasteiger partial charge in [0.15, 0.2) is 0 Å². The van der Waals surface area contributed by atoms with Crippen LogP contribution in [0.1, 0.15) is 44.1 Å². The first-order valence-electron chi connectivity index (χ1n) is 9.92. The maximum absolute atomic E-state index is 12.6. The third-order valence-electron chi connectivity index (χ3n) is 6.43. The minimum absolute atomic E-state index is 0.245. The molecule has 0 unspecified atom stereocenters. The Balaban J connectivity index is 1.30. The van der Waals surface area contributed by atoms with Crippen LogP contribution in [0.3, 0.4) is 0 Å². The number of hydrogen-bond donors (Lipinski definition) is 0. The molecular formula is C22H30N2O. The molecule has 3 heteroatoms. The van der Waals surface area contributed by atoms with Crippen LogP contribution in [0.2, 0.25) is 0 Å². The number of piperidine rings is 1. The van der Waals surface area contributed by atoms with Gasteiger partial charge in [-0.15, -0.1) is 0 Å². The maximum atomic E-state index is 12.6. The summed E-state index contributed by atoms with van der Waals surface area (Å²) in [6.07, 6.45) is 11.7. The molecule has 0 radical (unpaired) electrons. The Morgan fingerprint density at radius 1 is 1.08 bits per heavy atom. The molecule has 1 aliphatic carbocycles. The Bertz CT molecular complexity index is 616. The molecule has 1 atom stereocenters. The van der Waals surface area contributed by atoms with Crippen molar-refractivity contribution in [2.75, 3.05) is 26.2 Å². The van der Waals surface area contributed by atoms with Gasteiger partial charge in [-0.2, -0.15) is 0 Å². The van der Waals surface area contributed by atoms with Crippen molar-refractivity contribution >= 4 is 5.91 Å². The quantitative estimate of drug-likeness (QED) is 0.779. The van der Waals surface area contributed by atoms with Gasteiger partial charge in [0.25, 0.3) is 0 Å². The van der Waals surface area contributed by atoms with E-state index in [-0.39, 0.29) is 5.41 Å². The second-order valence-electron chi connectivity index (χ2n) is 8.36. The summed E-state index contributed by atoms with van der Waals surface area (Å²) in [5.41, 5.74) is 1.49. The van der Waals surface area contributed by atoms with Crippen molar-refractivity contribution in [2.24, 2.45) is 11.3 Å². The van der Waals surface area contributed by atoms with E-state index in [4.69, 9.17) is 0 Å². The van der Waals surface area contributed by atoms with E-state index < -0.39 is 0 Å². The van der Waals surface area contributed by atoms with Crippen LogP contribution in [-0.2, 0) is 11.3 Å². The third-order valence-corrected chi connectivity index (χ3v) is 6.43. The van der Waals surface area contributed by atoms with Crippen LogP contribution in [0.4, 0.5) is 0 Å². The molecule has 2 aliphatic heterocycles. The van der Waals surface area contributed by atoms with Crippen molar-refractivity contribution < 1.29 is 4.79 Å². The van der Waals surface area contributed by atoms with E-state index in [0.29, 0.717) is 5.91 Å². The lowest BCUT2D eigenvalue weighted by molar-refractivity contribution is -0.128. The lowest BCUT2D eigenvalue weighted by Gasteiger charge is -2.40. The summed E-state index contributed by atoms with van der Waals surface area (Å²) >= 11 is 0. The Hall–Kier alpha value is -1.61. The van der Waals surface area contributed by atoms with Crippen molar-refractivity contribution in [2.45, 2.75) is 45.1 Å². The predicted octanol–water partition coefficient (Wildman–Crippen LogP) is 3.86. The normalized spacial score (nSPS) is 26.5. The van der Waals surface area contributed by atoms with Crippen LogP contribution in [0.15, 0.2) is 42.5 Å². The first kappa shape index (κ1) is 16.8. The molecule has 0 bridgehead atoms. The van der Waals surface area contributed by atoms with E-state index in [1.807, 2.05) is 6.07 Å². The molecule has 3 nitrogen and oxygen atoms in total. The highest BCUT2D eigenvalue weighted by atomic mass is 16.2. The zero-order valence-corrected chi connectivity index (χ0v) is 15.2. The maximum Gasteiger partial charge on any atom is 0.223 e. The molecule has 1 aromatic rings. The van der Waals surface area contributed by atoms with Gasteiger partial charge in [-0.3, -0.25) is 4.79 Å². The Labute approximate surface area is 151 Å². The molecule has 0 N–H and O–H groups in total. The average molecular weight is 338 g/mol. The Kier molecular flexibility index (Phi) is 4.93. The smallest absolute Gasteiger partial charge is 0.223 e. The topological polar surface area (TPSA) is 23.6 Å². The highest BCUT2D eigenvalue weighted by Gasteiger charge is 2.44. The first-order valence-corrected chi connectivity index (χ1v) is 9.92. The minimum atomic E-state index is 0.245. The molecule has 0 aromatic heterocycles. The highest BCUT2D eigenvalue weighted by molar-refractivity contribution is 5.79. The number of carbonyl (C=O) groups excluding carboxylic acids is 1. The fraction of sp³-hybridized carbons (Fsp3) is 0.591. The summed E-state index contributed by atoms with van der Waals surface area (Å²) in [6, 6.07) is 10.4. The van der Waals surface area contributed by atoms with Gasteiger partial charge < -0.3 is 9.80 Å². The minimum Gasteiger partial charge on any atom is -0.338 e. The zero-order chi connectivity index (χ0) is 17.1. The number of nitrogens with zero attached hydrogens (tertiary/aromatic N) is 2. The average Bonchev–Trinajstić information content (AvgIpc) is 2.94. The number of carbonyl (C=O) groups is 1. The largest absolute Gasteiger partial charge is 0.338 e. The van der Waals surface area contributed by atoms with Gasteiger partial charge in [0.05, 0.1) is 0 Å². The molecule has 1 spiro atoms. The van der Waals surface area contributed by atoms with Crippen LogP contribution in [-0.4, -0.2) is 41.9 Å². The molecule has 0 saturated carbocycles. The molecule has 25 heavy (non-hydrogen) atoms. The number of hydrogen-bond acceptors (Lipinski definition) is 2. The van der Waals surface area contributed by atoms with Crippen LogP contribution >= 0.6 is 0 Å². The van der Waals surface area contributed by atoms with E-state index in [0.717, 1.165) is 25.4 Å². The predicted molar refractivity (Wildman–Crippen MR) is 101 cm³/mol. The summed E-state index contributed by atoms with van der Waals surface area (Å²) in [7, 11) is 0. The fourth-order valence-electron chi connectivity index (χ4n) is 4.86. The molecule has 4 rings (SSSR count). The third kappa shape index (κ3) is 3.98. The summed E-state index contributed by atoms with van der Waals surface area (Å²) in [4.78, 5) is 17.3. The molecule has 2 fully saturated rings. The number of allylic oxidation sites excluding steroid dienone is 2. The van der Waals surface area contributed by atoms with E-state index >= 15 is 0 Å². The van der Waals surface area contributed by atoms with E-state index in [1.165, 1.54) is 57.3 Å². The Morgan fingerprint density at radius 3 is 2.60 bits per heavy atom. The highest BCUT2D eigenvalue weighted by Crippen LogP contribution is 2.41. The lowest BCUT2D eigenvalue weighted by Crippen LogP contribution is -2.43. The van der Waals surface area contributed by atoms with Gasteiger partial charge in [-0.05, 0) is 62.1 Å². The van der Waals surface area contributed by atoms with Crippen molar-refractivity contribution in [3.05, 3.63) is 48.0 Å². The lowest BCUT2D eigenvalue weighted by atomic mass is 9.77. The molecule has 3 aliphatic rings. The molecule has 134 valence electrons. The summed E-state index contributed by atoms with van der Waals surface area (Å²) in [5, 5.41) is 0. The van der Waals surface area contributed by atoms with Crippen molar-refractivity contribution in [3.8, 4) is 0 Å².